The van der Waals surface area contributed by atoms with Crippen molar-refractivity contribution in [2.24, 2.45) is 0 Å². The highest BCUT2D eigenvalue weighted by Gasteiger charge is 2.52. The number of carbonyl (C=O) groups excluding carboxylic acids is 2. The fourth-order valence-electron chi connectivity index (χ4n) is 3.59. The van der Waals surface area contributed by atoms with E-state index >= 15 is 0 Å². The summed E-state index contributed by atoms with van der Waals surface area (Å²) in [6.45, 7) is 7.02. The van der Waals surface area contributed by atoms with Crippen LogP contribution < -0.4 is 10.6 Å². The second-order valence-electron chi connectivity index (χ2n) is 6.50. The Labute approximate surface area is 166 Å². The number of amides is 3. The molecule has 0 aromatic heterocycles. The summed E-state index contributed by atoms with van der Waals surface area (Å²) < 4.78 is 0. The number of hydrogen-bond acceptors (Lipinski definition) is 6. The summed E-state index contributed by atoms with van der Waals surface area (Å²) in [6.07, 6.45) is -0.529. The molecular formula is C21H20N2O6. The number of nitrogens with one attached hydrogen (secondary N) is 2. The normalized spacial score (nSPS) is 20.5. The maximum absolute atomic E-state index is 13.0. The second kappa shape index (κ2) is 7.42. The molecule has 3 amide bonds. The molecule has 8 nitrogen and oxygen atoms in total. The lowest BCUT2D eigenvalue weighted by Crippen LogP contribution is -2.46. The lowest BCUT2D eigenvalue weighted by molar-refractivity contribution is -0.123. The van der Waals surface area contributed by atoms with Crippen molar-refractivity contribution in [1.82, 2.24) is 10.6 Å². The molecule has 1 saturated heterocycles. The van der Waals surface area contributed by atoms with Crippen LogP contribution in [0.2, 0.25) is 0 Å². The lowest BCUT2D eigenvalue weighted by Gasteiger charge is -2.32. The maximum Gasteiger partial charge on any atom is 0.322 e. The zero-order valence-electron chi connectivity index (χ0n) is 15.3. The quantitative estimate of drug-likeness (QED) is 0.324. The third kappa shape index (κ3) is 3.04. The SMILES string of the molecule is C=CC(O)c1c(O)ccc(C2(c3ccccc3O)NC(=O)NC2=O)c1C(O)C=C. The van der Waals surface area contributed by atoms with Crippen molar-refractivity contribution in [2.45, 2.75) is 17.7 Å². The Morgan fingerprint density at radius 2 is 1.48 bits per heavy atom. The van der Waals surface area contributed by atoms with Crippen molar-refractivity contribution in [3.63, 3.8) is 0 Å². The smallest absolute Gasteiger partial charge is 0.322 e. The molecule has 6 N–H and O–H groups in total. The van der Waals surface area contributed by atoms with Crippen LogP contribution in [0.1, 0.15) is 34.5 Å². The van der Waals surface area contributed by atoms with Gasteiger partial charge in [0.1, 0.15) is 17.6 Å². The van der Waals surface area contributed by atoms with E-state index in [4.69, 9.17) is 0 Å². The Morgan fingerprint density at radius 1 is 0.862 bits per heavy atom. The van der Waals surface area contributed by atoms with Crippen LogP contribution in [0.15, 0.2) is 61.7 Å². The number of benzene rings is 2. The van der Waals surface area contributed by atoms with E-state index in [1.165, 1.54) is 24.3 Å². The van der Waals surface area contributed by atoms with Gasteiger partial charge < -0.3 is 25.7 Å². The van der Waals surface area contributed by atoms with E-state index in [2.05, 4.69) is 23.8 Å². The first-order valence-electron chi connectivity index (χ1n) is 8.67. The summed E-state index contributed by atoms with van der Waals surface area (Å²) in [4.78, 5) is 25.1. The minimum atomic E-state index is -1.93. The van der Waals surface area contributed by atoms with Crippen LogP contribution in [0.5, 0.6) is 11.5 Å². The summed E-state index contributed by atoms with van der Waals surface area (Å²) in [5, 5.41) is 46.4. The average molecular weight is 396 g/mol. The van der Waals surface area contributed by atoms with Gasteiger partial charge in [0.15, 0.2) is 5.54 Å². The summed E-state index contributed by atoms with van der Waals surface area (Å²) in [5.74, 6) is -1.43. The van der Waals surface area contributed by atoms with Gasteiger partial charge in [0.25, 0.3) is 5.91 Å². The van der Waals surface area contributed by atoms with E-state index in [1.54, 1.807) is 12.1 Å². The van der Waals surface area contributed by atoms with E-state index in [9.17, 15) is 30.0 Å². The Kier molecular flexibility index (Phi) is 5.15. The highest BCUT2D eigenvalue weighted by molar-refractivity contribution is 6.10. The monoisotopic (exact) mass is 396 g/mol. The van der Waals surface area contributed by atoms with Crippen LogP contribution in [-0.4, -0.2) is 32.4 Å². The summed E-state index contributed by atoms with van der Waals surface area (Å²) in [5.41, 5.74) is -1.99. The van der Waals surface area contributed by atoms with Gasteiger partial charge in [-0.15, -0.1) is 13.2 Å². The third-order valence-electron chi connectivity index (χ3n) is 4.88. The van der Waals surface area contributed by atoms with E-state index < -0.39 is 29.7 Å². The molecule has 0 bridgehead atoms. The number of aliphatic hydroxyl groups is 2. The first-order chi connectivity index (χ1) is 13.8. The number of aromatic hydroxyl groups is 2. The molecular weight excluding hydrogens is 376 g/mol. The molecule has 1 aliphatic rings. The molecule has 3 rings (SSSR count). The fraction of sp³-hybridized carbons (Fsp3) is 0.143. The van der Waals surface area contributed by atoms with E-state index in [0.717, 1.165) is 12.2 Å². The van der Waals surface area contributed by atoms with Gasteiger partial charge >= 0.3 is 6.03 Å². The van der Waals surface area contributed by atoms with Crippen LogP contribution in [0.3, 0.4) is 0 Å². The predicted molar refractivity (Wildman–Crippen MR) is 104 cm³/mol. The number of phenols is 2. The Hall–Kier alpha value is -3.62. The van der Waals surface area contributed by atoms with E-state index in [0.29, 0.717) is 0 Å². The zero-order valence-corrected chi connectivity index (χ0v) is 15.3. The van der Waals surface area contributed by atoms with Gasteiger partial charge in [0, 0.05) is 16.7 Å². The van der Waals surface area contributed by atoms with Crippen LogP contribution in [-0.2, 0) is 10.3 Å². The summed E-state index contributed by atoms with van der Waals surface area (Å²) >= 11 is 0. The molecule has 0 radical (unpaired) electrons. The maximum atomic E-state index is 13.0. The zero-order chi connectivity index (χ0) is 21.3. The number of rotatable bonds is 6. The molecule has 0 spiro atoms. The molecule has 1 heterocycles. The van der Waals surface area contributed by atoms with E-state index in [1.807, 2.05) is 0 Å². The highest BCUT2D eigenvalue weighted by atomic mass is 16.3. The predicted octanol–water partition coefficient (Wildman–Crippen LogP) is 1.62. The molecule has 3 unspecified atom stereocenters. The molecule has 3 atom stereocenters. The van der Waals surface area contributed by atoms with Gasteiger partial charge in [0.2, 0.25) is 0 Å². The Balaban J connectivity index is 2.46. The molecule has 2 aromatic rings. The Morgan fingerprint density at radius 3 is 2.03 bits per heavy atom. The Bertz CT molecular complexity index is 1020. The third-order valence-corrected chi connectivity index (χ3v) is 4.88. The molecule has 1 fully saturated rings. The lowest BCUT2D eigenvalue weighted by atomic mass is 9.76. The molecule has 0 saturated carbocycles. The standard InChI is InChI=1S/C21H20N2O6/c1-3-13(24)17-12(9-10-16(27)18(17)14(25)4-2)21(19(28)22-20(29)23-21)11-7-5-6-8-15(11)26/h3-10,13-14,24-27H,1-2H2,(H2,22,23,28,29). The molecule has 29 heavy (non-hydrogen) atoms. The van der Waals surface area contributed by atoms with Crippen LogP contribution >= 0.6 is 0 Å². The van der Waals surface area contributed by atoms with Crippen molar-refractivity contribution in [1.29, 1.82) is 0 Å². The van der Waals surface area contributed by atoms with Crippen LogP contribution in [0.25, 0.3) is 0 Å². The molecule has 0 aliphatic carbocycles. The number of carbonyl (C=O) groups is 2. The van der Waals surface area contributed by atoms with Gasteiger partial charge in [-0.25, -0.2) is 4.79 Å². The molecule has 1 aliphatic heterocycles. The molecule has 150 valence electrons. The van der Waals surface area contributed by atoms with Gasteiger partial charge in [0.05, 0.1) is 6.10 Å². The van der Waals surface area contributed by atoms with Crippen molar-refractivity contribution < 1.29 is 30.0 Å². The first kappa shape index (κ1) is 20.1. The highest BCUT2D eigenvalue weighted by Crippen LogP contribution is 2.45. The molecule has 8 heteroatoms. The minimum Gasteiger partial charge on any atom is -0.508 e. The largest absolute Gasteiger partial charge is 0.508 e. The first-order valence-corrected chi connectivity index (χ1v) is 8.67. The van der Waals surface area contributed by atoms with E-state index in [-0.39, 0.29) is 33.8 Å². The van der Waals surface area contributed by atoms with Gasteiger partial charge in [-0.1, -0.05) is 36.4 Å². The number of aliphatic hydroxyl groups excluding tert-OH is 2. The van der Waals surface area contributed by atoms with Gasteiger partial charge in [-0.2, -0.15) is 0 Å². The van der Waals surface area contributed by atoms with Crippen molar-refractivity contribution >= 4 is 11.9 Å². The average Bonchev–Trinajstić information content (AvgIpc) is 3.01. The van der Waals surface area contributed by atoms with Gasteiger partial charge in [-0.3, -0.25) is 10.1 Å². The topological polar surface area (TPSA) is 139 Å². The van der Waals surface area contributed by atoms with Gasteiger partial charge in [-0.05, 0) is 17.7 Å². The molecule has 2 aromatic carbocycles. The van der Waals surface area contributed by atoms with Crippen molar-refractivity contribution in [3.8, 4) is 11.5 Å². The van der Waals surface area contributed by atoms with Crippen LogP contribution in [0.4, 0.5) is 4.79 Å². The number of para-hydroxylation sites is 1. The minimum absolute atomic E-state index is 0.0449. The number of hydrogen-bond donors (Lipinski definition) is 6. The van der Waals surface area contributed by atoms with Crippen molar-refractivity contribution in [2.75, 3.05) is 0 Å². The number of phenolic OH excluding ortho intramolecular Hbond substituents is 2. The fourth-order valence-corrected chi connectivity index (χ4v) is 3.59. The van der Waals surface area contributed by atoms with Crippen LogP contribution in [0, 0.1) is 0 Å². The number of imide groups is 1. The van der Waals surface area contributed by atoms with Crippen molar-refractivity contribution in [3.05, 3.63) is 84.0 Å². The second-order valence-corrected chi connectivity index (χ2v) is 6.50. The summed E-state index contributed by atoms with van der Waals surface area (Å²) in [6, 6.07) is 7.64. The summed E-state index contributed by atoms with van der Waals surface area (Å²) in [7, 11) is 0. The number of urea groups is 1.